The minimum absolute atomic E-state index is 0.686. The Bertz CT molecular complexity index is 463. The van der Waals surface area contributed by atoms with Gasteiger partial charge in [-0.05, 0) is 6.42 Å². The highest BCUT2D eigenvalue weighted by molar-refractivity contribution is 7.09. The smallest absolute Gasteiger partial charge is 0.202 e. The Kier molecular flexibility index (Phi) is 3.92. The van der Waals surface area contributed by atoms with E-state index in [0.29, 0.717) is 5.69 Å². The Morgan fingerprint density at radius 3 is 3.12 bits per heavy atom. The second-order valence-electron chi connectivity index (χ2n) is 3.73. The molecular weight excluding hydrogens is 236 g/mol. The number of hydrogen-bond acceptors (Lipinski definition) is 6. The Morgan fingerprint density at radius 2 is 2.41 bits per heavy atom. The van der Waals surface area contributed by atoms with Crippen molar-refractivity contribution in [3.8, 4) is 0 Å². The predicted octanol–water partition coefficient (Wildman–Crippen LogP) is 1.38. The Labute approximate surface area is 104 Å². The van der Waals surface area contributed by atoms with Crippen LogP contribution >= 0.6 is 11.5 Å². The van der Waals surface area contributed by atoms with Gasteiger partial charge in [-0.1, -0.05) is 6.92 Å². The van der Waals surface area contributed by atoms with Crippen LogP contribution in [0, 0.1) is 0 Å². The van der Waals surface area contributed by atoms with E-state index in [2.05, 4.69) is 26.7 Å². The summed E-state index contributed by atoms with van der Waals surface area (Å²) in [5.41, 5.74) is 6.26. The number of nitrogens with one attached hydrogen (secondary N) is 1. The summed E-state index contributed by atoms with van der Waals surface area (Å²) < 4.78 is 6.06. The molecule has 0 spiro atoms. The van der Waals surface area contributed by atoms with Gasteiger partial charge in [0.25, 0.3) is 0 Å². The number of nitrogens with zero attached hydrogens (tertiary/aromatic N) is 4. The highest BCUT2D eigenvalue weighted by atomic mass is 32.1. The molecule has 0 bridgehead atoms. The molecule has 7 heteroatoms. The summed E-state index contributed by atoms with van der Waals surface area (Å²) in [4.78, 5) is 4.38. The van der Waals surface area contributed by atoms with Crippen LogP contribution in [0.2, 0.25) is 0 Å². The van der Waals surface area contributed by atoms with Crippen molar-refractivity contribution in [3.05, 3.63) is 18.2 Å². The Morgan fingerprint density at radius 1 is 1.53 bits per heavy atom. The van der Waals surface area contributed by atoms with Crippen LogP contribution in [-0.4, -0.2) is 25.7 Å². The number of aromatic nitrogens is 4. The number of anilines is 2. The zero-order valence-corrected chi connectivity index (χ0v) is 10.6. The summed E-state index contributed by atoms with van der Waals surface area (Å²) in [6, 6.07) is 0. The molecule has 0 aliphatic heterocycles. The van der Waals surface area contributed by atoms with Crippen molar-refractivity contribution in [1.82, 2.24) is 19.1 Å². The number of rotatable bonds is 6. The molecule has 0 amide bonds. The molecule has 0 aliphatic rings. The third-order valence-electron chi connectivity index (χ3n) is 2.21. The van der Waals surface area contributed by atoms with Gasteiger partial charge in [0.1, 0.15) is 5.82 Å². The van der Waals surface area contributed by atoms with Crippen LogP contribution in [0.3, 0.4) is 0 Å². The molecule has 2 aromatic heterocycles. The minimum atomic E-state index is 0.686. The van der Waals surface area contributed by atoms with E-state index in [-0.39, 0.29) is 0 Å². The van der Waals surface area contributed by atoms with Crippen LogP contribution < -0.4 is 11.1 Å². The molecule has 0 unspecified atom stereocenters. The van der Waals surface area contributed by atoms with Crippen molar-refractivity contribution in [3.63, 3.8) is 0 Å². The third kappa shape index (κ3) is 3.42. The van der Waals surface area contributed by atoms with Crippen LogP contribution in [0.25, 0.3) is 0 Å². The van der Waals surface area contributed by atoms with E-state index >= 15 is 0 Å². The van der Waals surface area contributed by atoms with Crippen LogP contribution in [-0.2, 0) is 13.0 Å². The van der Waals surface area contributed by atoms with Gasteiger partial charge in [-0.3, -0.25) is 4.68 Å². The second-order valence-corrected chi connectivity index (χ2v) is 4.48. The number of hydrogen-bond donors (Lipinski definition) is 2. The fourth-order valence-corrected chi connectivity index (χ4v) is 2.07. The van der Waals surface area contributed by atoms with Gasteiger partial charge in [0, 0.05) is 30.7 Å². The van der Waals surface area contributed by atoms with E-state index in [1.54, 1.807) is 10.9 Å². The average Bonchev–Trinajstić information content (AvgIpc) is 2.89. The fraction of sp³-hybridized carbons (Fsp3) is 0.500. The third-order valence-corrected chi connectivity index (χ3v) is 2.92. The van der Waals surface area contributed by atoms with E-state index in [1.807, 2.05) is 6.20 Å². The maximum absolute atomic E-state index is 5.57. The topological polar surface area (TPSA) is 81.7 Å². The molecule has 6 nitrogen and oxygen atoms in total. The van der Waals surface area contributed by atoms with E-state index in [4.69, 9.17) is 5.73 Å². The molecule has 0 aliphatic carbocycles. The summed E-state index contributed by atoms with van der Waals surface area (Å²) in [6.45, 7) is 3.65. The SMILES string of the molecule is CCCc1nsc(NCCn2cc(N)cn2)n1. The van der Waals surface area contributed by atoms with Gasteiger partial charge in [-0.15, -0.1) is 0 Å². The molecule has 2 aromatic rings. The Balaban J connectivity index is 1.77. The zero-order valence-electron chi connectivity index (χ0n) is 9.76. The molecule has 0 aromatic carbocycles. The number of aryl methyl sites for hydroxylation is 1. The first kappa shape index (κ1) is 11.8. The lowest BCUT2D eigenvalue weighted by Crippen LogP contribution is -2.10. The molecule has 2 rings (SSSR count). The van der Waals surface area contributed by atoms with Crippen molar-refractivity contribution in [2.45, 2.75) is 26.3 Å². The average molecular weight is 252 g/mol. The molecule has 3 N–H and O–H groups in total. The lowest BCUT2D eigenvalue weighted by molar-refractivity contribution is 0.638. The van der Waals surface area contributed by atoms with Crippen LogP contribution in [0.5, 0.6) is 0 Å². The zero-order chi connectivity index (χ0) is 12.1. The molecular formula is C10H16N6S. The first-order chi connectivity index (χ1) is 8.28. The first-order valence-electron chi connectivity index (χ1n) is 5.62. The normalized spacial score (nSPS) is 10.6. The van der Waals surface area contributed by atoms with Gasteiger partial charge in [-0.2, -0.15) is 9.47 Å². The van der Waals surface area contributed by atoms with E-state index in [0.717, 1.165) is 36.9 Å². The van der Waals surface area contributed by atoms with Gasteiger partial charge in [0.15, 0.2) is 0 Å². The molecule has 92 valence electrons. The van der Waals surface area contributed by atoms with Crippen LogP contribution in [0.15, 0.2) is 12.4 Å². The van der Waals surface area contributed by atoms with Gasteiger partial charge in [-0.25, -0.2) is 4.98 Å². The minimum Gasteiger partial charge on any atom is -0.396 e. The quantitative estimate of drug-likeness (QED) is 0.811. The summed E-state index contributed by atoms with van der Waals surface area (Å²) >= 11 is 1.40. The molecule has 0 saturated heterocycles. The molecule has 17 heavy (non-hydrogen) atoms. The van der Waals surface area contributed by atoms with Crippen molar-refractivity contribution >= 4 is 22.4 Å². The highest BCUT2D eigenvalue weighted by Crippen LogP contribution is 2.11. The standard InChI is InChI=1S/C10H16N6S/c1-2-3-9-14-10(17-15-9)12-4-5-16-7-8(11)6-13-16/h6-7H,2-5,11H2,1H3,(H,12,14,15). The maximum Gasteiger partial charge on any atom is 0.202 e. The molecule has 0 atom stereocenters. The van der Waals surface area contributed by atoms with E-state index < -0.39 is 0 Å². The van der Waals surface area contributed by atoms with Crippen molar-refractivity contribution in [2.24, 2.45) is 0 Å². The monoisotopic (exact) mass is 252 g/mol. The summed E-state index contributed by atoms with van der Waals surface area (Å²) in [5, 5.41) is 8.19. The first-order valence-corrected chi connectivity index (χ1v) is 6.39. The molecule has 0 saturated carbocycles. The van der Waals surface area contributed by atoms with E-state index in [1.165, 1.54) is 11.5 Å². The van der Waals surface area contributed by atoms with Crippen LogP contribution in [0.1, 0.15) is 19.2 Å². The van der Waals surface area contributed by atoms with Crippen LogP contribution in [0.4, 0.5) is 10.8 Å². The molecule has 0 fully saturated rings. The molecule has 0 radical (unpaired) electrons. The summed E-state index contributed by atoms with van der Waals surface area (Å²) in [5.74, 6) is 0.920. The van der Waals surface area contributed by atoms with Crippen molar-refractivity contribution < 1.29 is 0 Å². The number of nitrogens with two attached hydrogens (primary N) is 1. The highest BCUT2D eigenvalue weighted by Gasteiger charge is 2.02. The van der Waals surface area contributed by atoms with Gasteiger partial charge in [0.2, 0.25) is 5.13 Å². The molecule has 2 heterocycles. The fourth-order valence-electron chi connectivity index (χ4n) is 1.43. The Hall–Kier alpha value is -1.63. The van der Waals surface area contributed by atoms with Crippen molar-refractivity contribution in [1.29, 1.82) is 0 Å². The van der Waals surface area contributed by atoms with E-state index in [9.17, 15) is 0 Å². The largest absolute Gasteiger partial charge is 0.396 e. The maximum atomic E-state index is 5.57. The van der Waals surface area contributed by atoms with Gasteiger partial charge < -0.3 is 11.1 Å². The lowest BCUT2D eigenvalue weighted by Gasteiger charge is -2.01. The lowest BCUT2D eigenvalue weighted by atomic mass is 10.3. The van der Waals surface area contributed by atoms with Crippen molar-refractivity contribution in [2.75, 3.05) is 17.6 Å². The van der Waals surface area contributed by atoms with Gasteiger partial charge in [0.05, 0.1) is 18.4 Å². The van der Waals surface area contributed by atoms with Gasteiger partial charge >= 0.3 is 0 Å². The predicted molar refractivity (Wildman–Crippen MR) is 69.0 cm³/mol. The second kappa shape index (κ2) is 5.62. The number of nitrogen functional groups attached to an aromatic ring is 1. The summed E-state index contributed by atoms with van der Waals surface area (Å²) in [7, 11) is 0. The summed E-state index contributed by atoms with van der Waals surface area (Å²) in [6.07, 6.45) is 5.46.